The van der Waals surface area contributed by atoms with Gasteiger partial charge in [0.25, 0.3) is 0 Å². The normalized spacial score (nSPS) is 15.5. The monoisotopic (exact) mass is 269 g/mol. The lowest BCUT2D eigenvalue weighted by Crippen LogP contribution is -2.24. The summed E-state index contributed by atoms with van der Waals surface area (Å²) in [6.07, 6.45) is -0.617. The molecule has 15 heavy (non-hydrogen) atoms. The Kier molecular flexibility index (Phi) is 2.77. The quantitative estimate of drug-likeness (QED) is 0.777. The number of nitrogens with zero attached hydrogens (tertiary/aromatic N) is 1. The summed E-state index contributed by atoms with van der Waals surface area (Å²) in [6.45, 7) is 1.65. The Morgan fingerprint density at radius 1 is 1.53 bits per heavy atom. The second kappa shape index (κ2) is 3.92. The maximum Gasteiger partial charge on any atom is 0.126 e. The topological polar surface area (TPSA) is 74.9 Å². The van der Waals surface area contributed by atoms with Crippen molar-refractivity contribution in [1.82, 2.24) is 9.97 Å². The van der Waals surface area contributed by atoms with E-state index in [-0.39, 0.29) is 0 Å². The molecule has 1 aromatic heterocycles. The number of aromatic amines is 1. The van der Waals surface area contributed by atoms with Crippen molar-refractivity contribution >= 4 is 27.0 Å². The Morgan fingerprint density at radius 2 is 2.27 bits per heavy atom. The predicted octanol–water partition coefficient (Wildman–Crippen LogP) is 1.71. The Morgan fingerprint density at radius 3 is 2.93 bits per heavy atom. The molecule has 0 amide bonds. The number of halogens is 1. The molecular weight excluding hydrogens is 258 g/mol. The Bertz CT molecular complexity index is 480. The van der Waals surface area contributed by atoms with Crippen LogP contribution < -0.4 is 5.73 Å². The van der Waals surface area contributed by atoms with E-state index in [0.29, 0.717) is 5.82 Å². The zero-order chi connectivity index (χ0) is 11.0. The lowest BCUT2D eigenvalue weighted by Gasteiger charge is -2.10. The molecule has 0 radical (unpaired) electrons. The largest absolute Gasteiger partial charge is 0.391 e. The van der Waals surface area contributed by atoms with Gasteiger partial charge < -0.3 is 15.8 Å². The van der Waals surface area contributed by atoms with Gasteiger partial charge in [0.15, 0.2) is 0 Å². The van der Waals surface area contributed by atoms with Crippen molar-refractivity contribution in [2.24, 2.45) is 5.73 Å². The average Bonchev–Trinajstić information content (AvgIpc) is 2.58. The zero-order valence-electron chi connectivity index (χ0n) is 8.24. The van der Waals surface area contributed by atoms with Crippen molar-refractivity contribution < 1.29 is 5.11 Å². The van der Waals surface area contributed by atoms with E-state index in [9.17, 15) is 5.11 Å². The smallest absolute Gasteiger partial charge is 0.126 e. The first-order chi connectivity index (χ1) is 7.08. The summed E-state index contributed by atoms with van der Waals surface area (Å²) in [5.74, 6) is 0.609. The van der Waals surface area contributed by atoms with E-state index in [1.807, 2.05) is 18.2 Å². The Balaban J connectivity index is 2.47. The molecule has 0 spiro atoms. The molecule has 4 nitrogen and oxygen atoms in total. The van der Waals surface area contributed by atoms with Gasteiger partial charge in [0.05, 0.1) is 23.2 Å². The van der Waals surface area contributed by atoms with Crippen LogP contribution in [0.1, 0.15) is 18.8 Å². The number of nitrogens with two attached hydrogens (primary N) is 1. The van der Waals surface area contributed by atoms with Crippen LogP contribution in [-0.4, -0.2) is 21.2 Å². The Hall–Kier alpha value is -0.910. The highest BCUT2D eigenvalue weighted by Crippen LogP contribution is 2.20. The third-order valence-corrected chi connectivity index (χ3v) is 2.79. The molecule has 0 saturated heterocycles. The van der Waals surface area contributed by atoms with Crippen LogP contribution in [0.15, 0.2) is 22.7 Å². The van der Waals surface area contributed by atoms with Crippen LogP contribution in [0.4, 0.5) is 0 Å². The van der Waals surface area contributed by atoms with Crippen molar-refractivity contribution in [3.63, 3.8) is 0 Å². The maximum atomic E-state index is 9.36. The number of aliphatic hydroxyl groups is 1. The predicted molar refractivity (Wildman–Crippen MR) is 62.4 cm³/mol. The highest BCUT2D eigenvalue weighted by atomic mass is 79.9. The van der Waals surface area contributed by atoms with Crippen LogP contribution in [0.2, 0.25) is 0 Å². The van der Waals surface area contributed by atoms with E-state index in [1.54, 1.807) is 6.92 Å². The molecule has 0 fully saturated rings. The fraction of sp³-hybridized carbons (Fsp3) is 0.300. The minimum atomic E-state index is -0.617. The molecule has 2 rings (SSSR count). The summed E-state index contributed by atoms with van der Waals surface area (Å²) < 4.78 is 0.982. The number of aliphatic hydroxyl groups excluding tert-OH is 1. The summed E-state index contributed by atoms with van der Waals surface area (Å²) in [7, 11) is 0. The van der Waals surface area contributed by atoms with Gasteiger partial charge in [-0.3, -0.25) is 0 Å². The standard InChI is InChI=1S/C10H12BrN3O/c1-5(15)9(12)10-13-7-3-2-6(11)4-8(7)14-10/h2-5,9,15H,12H2,1H3,(H,13,14). The van der Waals surface area contributed by atoms with Gasteiger partial charge in [-0.05, 0) is 25.1 Å². The molecule has 0 aliphatic rings. The minimum absolute atomic E-state index is 0.476. The van der Waals surface area contributed by atoms with Crippen LogP contribution in [-0.2, 0) is 0 Å². The number of benzene rings is 1. The highest BCUT2D eigenvalue weighted by molar-refractivity contribution is 9.10. The number of rotatable bonds is 2. The summed E-state index contributed by atoms with van der Waals surface area (Å²) >= 11 is 3.38. The summed E-state index contributed by atoms with van der Waals surface area (Å²) in [4.78, 5) is 7.40. The van der Waals surface area contributed by atoms with Crippen molar-refractivity contribution in [3.05, 3.63) is 28.5 Å². The molecule has 2 atom stereocenters. The van der Waals surface area contributed by atoms with Crippen molar-refractivity contribution in [3.8, 4) is 0 Å². The molecular formula is C10H12BrN3O. The molecule has 0 aliphatic carbocycles. The van der Waals surface area contributed by atoms with Gasteiger partial charge in [-0.2, -0.15) is 0 Å². The first-order valence-electron chi connectivity index (χ1n) is 4.67. The number of hydrogen-bond donors (Lipinski definition) is 3. The lowest BCUT2D eigenvalue weighted by molar-refractivity contribution is 0.161. The zero-order valence-corrected chi connectivity index (χ0v) is 9.82. The molecule has 5 heteroatoms. The summed E-state index contributed by atoms with van der Waals surface area (Å²) in [5.41, 5.74) is 7.55. The van der Waals surface area contributed by atoms with E-state index in [1.165, 1.54) is 0 Å². The molecule has 0 bridgehead atoms. The SMILES string of the molecule is CC(O)C(N)c1nc2ccc(Br)cc2[nH]1. The van der Waals surface area contributed by atoms with Crippen LogP contribution >= 0.6 is 15.9 Å². The van der Waals surface area contributed by atoms with Crippen LogP contribution in [0.25, 0.3) is 11.0 Å². The molecule has 2 unspecified atom stereocenters. The maximum absolute atomic E-state index is 9.36. The first-order valence-corrected chi connectivity index (χ1v) is 5.46. The van der Waals surface area contributed by atoms with Gasteiger partial charge in [-0.15, -0.1) is 0 Å². The van der Waals surface area contributed by atoms with E-state index in [4.69, 9.17) is 5.73 Å². The molecule has 0 saturated carbocycles. The summed E-state index contributed by atoms with van der Waals surface area (Å²) in [6, 6.07) is 5.27. The number of imidazole rings is 1. The highest BCUT2D eigenvalue weighted by Gasteiger charge is 2.15. The Labute approximate surface area is 95.6 Å². The average molecular weight is 270 g/mol. The van der Waals surface area contributed by atoms with Crippen LogP contribution in [0.5, 0.6) is 0 Å². The van der Waals surface area contributed by atoms with Gasteiger partial charge in [0, 0.05) is 4.47 Å². The second-order valence-electron chi connectivity index (χ2n) is 3.55. The van der Waals surface area contributed by atoms with Gasteiger partial charge in [0.2, 0.25) is 0 Å². The van der Waals surface area contributed by atoms with E-state index < -0.39 is 12.1 Å². The van der Waals surface area contributed by atoms with Gasteiger partial charge >= 0.3 is 0 Å². The van der Waals surface area contributed by atoms with E-state index in [0.717, 1.165) is 15.5 Å². The first kappa shape index (κ1) is 10.6. The molecule has 1 heterocycles. The number of hydrogen-bond acceptors (Lipinski definition) is 3. The molecule has 4 N–H and O–H groups in total. The third kappa shape index (κ3) is 2.04. The van der Waals surface area contributed by atoms with E-state index in [2.05, 4.69) is 25.9 Å². The number of aromatic nitrogens is 2. The van der Waals surface area contributed by atoms with Crippen LogP contribution in [0, 0.1) is 0 Å². The second-order valence-corrected chi connectivity index (χ2v) is 4.47. The fourth-order valence-electron chi connectivity index (χ4n) is 1.39. The number of H-pyrrole nitrogens is 1. The van der Waals surface area contributed by atoms with E-state index >= 15 is 0 Å². The van der Waals surface area contributed by atoms with Crippen molar-refractivity contribution in [2.75, 3.05) is 0 Å². The van der Waals surface area contributed by atoms with Gasteiger partial charge in [-0.1, -0.05) is 15.9 Å². The molecule has 80 valence electrons. The van der Waals surface area contributed by atoms with Gasteiger partial charge in [-0.25, -0.2) is 4.98 Å². The fourth-order valence-corrected chi connectivity index (χ4v) is 1.75. The summed E-state index contributed by atoms with van der Waals surface area (Å²) in [5, 5.41) is 9.36. The molecule has 2 aromatic rings. The number of nitrogens with one attached hydrogen (secondary N) is 1. The van der Waals surface area contributed by atoms with Crippen LogP contribution in [0.3, 0.4) is 0 Å². The number of fused-ring (bicyclic) bond motifs is 1. The van der Waals surface area contributed by atoms with Crippen molar-refractivity contribution in [1.29, 1.82) is 0 Å². The molecule has 0 aliphatic heterocycles. The minimum Gasteiger partial charge on any atom is -0.391 e. The third-order valence-electron chi connectivity index (χ3n) is 2.30. The van der Waals surface area contributed by atoms with Crippen molar-refractivity contribution in [2.45, 2.75) is 19.1 Å². The lowest BCUT2D eigenvalue weighted by atomic mass is 10.2. The van der Waals surface area contributed by atoms with Gasteiger partial charge in [0.1, 0.15) is 5.82 Å². The molecule has 1 aromatic carbocycles.